The third kappa shape index (κ3) is 1.55. The lowest BCUT2D eigenvalue weighted by Gasteiger charge is -1.98. The van der Waals surface area contributed by atoms with Crippen molar-refractivity contribution in [3.63, 3.8) is 0 Å². The zero-order valence-corrected chi connectivity index (χ0v) is 6.82. The van der Waals surface area contributed by atoms with Gasteiger partial charge in [0.25, 0.3) is 0 Å². The van der Waals surface area contributed by atoms with E-state index in [2.05, 4.69) is 5.10 Å². The fourth-order valence-corrected chi connectivity index (χ4v) is 0.927. The molecule has 66 valence electrons. The van der Waals surface area contributed by atoms with Crippen molar-refractivity contribution < 1.29 is 9.90 Å². The number of anilines is 1. The maximum absolute atomic E-state index is 10.4. The number of aromatic carboxylic acids is 1. The molecule has 0 amide bonds. The fourth-order valence-electron chi connectivity index (χ4n) is 0.927. The van der Waals surface area contributed by atoms with Gasteiger partial charge in [-0.1, -0.05) is 6.92 Å². The molecule has 0 radical (unpaired) electrons. The number of aromatic nitrogens is 2. The Morgan fingerprint density at radius 3 is 2.92 bits per heavy atom. The van der Waals surface area contributed by atoms with Crippen LogP contribution < -0.4 is 5.73 Å². The topological polar surface area (TPSA) is 81.1 Å². The molecule has 1 heterocycles. The average Bonchev–Trinajstić information content (AvgIpc) is 2.34. The van der Waals surface area contributed by atoms with Crippen molar-refractivity contribution in [1.29, 1.82) is 0 Å². The molecule has 1 aromatic rings. The van der Waals surface area contributed by atoms with Gasteiger partial charge in [-0.3, -0.25) is 0 Å². The smallest absolute Gasteiger partial charge is 0.356 e. The van der Waals surface area contributed by atoms with Crippen LogP contribution in [0.5, 0.6) is 0 Å². The lowest BCUT2D eigenvalue weighted by molar-refractivity contribution is 0.0689. The maximum Gasteiger partial charge on any atom is 0.356 e. The molecule has 0 spiro atoms. The van der Waals surface area contributed by atoms with E-state index in [9.17, 15) is 4.79 Å². The molecule has 0 fully saturated rings. The molecule has 0 bridgehead atoms. The summed E-state index contributed by atoms with van der Waals surface area (Å²) in [6, 6.07) is 1.36. The minimum absolute atomic E-state index is 0.000880. The van der Waals surface area contributed by atoms with E-state index in [-0.39, 0.29) is 5.69 Å². The standard InChI is InChI=1S/C7H11N3O2/c1-2-3-10-6(8)4-5(9-10)7(11)12/h4H,2-3,8H2,1H3,(H,11,12). The van der Waals surface area contributed by atoms with Gasteiger partial charge in [-0.2, -0.15) is 5.10 Å². The van der Waals surface area contributed by atoms with Crippen molar-refractivity contribution in [2.75, 3.05) is 5.73 Å². The number of carboxylic acids is 1. The second-order valence-electron chi connectivity index (χ2n) is 2.48. The van der Waals surface area contributed by atoms with Gasteiger partial charge in [0.2, 0.25) is 0 Å². The van der Waals surface area contributed by atoms with Gasteiger partial charge >= 0.3 is 5.97 Å². The lowest BCUT2D eigenvalue weighted by Crippen LogP contribution is -2.05. The Morgan fingerprint density at radius 2 is 2.50 bits per heavy atom. The van der Waals surface area contributed by atoms with Crippen molar-refractivity contribution in [2.24, 2.45) is 0 Å². The van der Waals surface area contributed by atoms with Crippen LogP contribution in [-0.2, 0) is 6.54 Å². The number of nitrogens with two attached hydrogens (primary N) is 1. The number of aryl methyl sites for hydroxylation is 1. The summed E-state index contributed by atoms with van der Waals surface area (Å²) in [5, 5.41) is 12.4. The van der Waals surface area contributed by atoms with Gasteiger partial charge in [-0.15, -0.1) is 0 Å². The molecular weight excluding hydrogens is 158 g/mol. The van der Waals surface area contributed by atoms with Crippen molar-refractivity contribution in [3.8, 4) is 0 Å². The highest BCUT2D eigenvalue weighted by atomic mass is 16.4. The van der Waals surface area contributed by atoms with Crippen LogP contribution in [-0.4, -0.2) is 20.9 Å². The molecule has 0 saturated heterocycles. The summed E-state index contributed by atoms with van der Waals surface area (Å²) in [5.74, 6) is -0.647. The number of carbonyl (C=O) groups is 1. The molecule has 0 unspecified atom stereocenters. The molecule has 5 heteroatoms. The van der Waals surface area contributed by atoms with E-state index < -0.39 is 5.97 Å². The van der Waals surface area contributed by atoms with E-state index in [4.69, 9.17) is 10.8 Å². The number of carboxylic acid groups (broad SMARTS) is 1. The summed E-state index contributed by atoms with van der Waals surface area (Å²) < 4.78 is 1.49. The van der Waals surface area contributed by atoms with E-state index in [1.165, 1.54) is 10.7 Å². The Morgan fingerprint density at radius 1 is 1.83 bits per heavy atom. The summed E-state index contributed by atoms with van der Waals surface area (Å²) in [6.07, 6.45) is 0.880. The SMILES string of the molecule is CCCn1nc(C(=O)O)cc1N. The van der Waals surface area contributed by atoms with Crippen LogP contribution >= 0.6 is 0 Å². The Bertz CT molecular complexity index is 293. The van der Waals surface area contributed by atoms with Crippen LogP contribution in [0.25, 0.3) is 0 Å². The molecule has 0 atom stereocenters. The highest BCUT2D eigenvalue weighted by Gasteiger charge is 2.09. The third-order valence-corrected chi connectivity index (χ3v) is 1.47. The summed E-state index contributed by atoms with van der Waals surface area (Å²) in [4.78, 5) is 10.4. The van der Waals surface area contributed by atoms with Gasteiger partial charge in [0.15, 0.2) is 5.69 Å². The lowest BCUT2D eigenvalue weighted by atomic mass is 10.4. The van der Waals surface area contributed by atoms with E-state index >= 15 is 0 Å². The minimum atomic E-state index is -1.04. The zero-order valence-electron chi connectivity index (χ0n) is 6.82. The van der Waals surface area contributed by atoms with Gasteiger partial charge in [0.05, 0.1) is 0 Å². The van der Waals surface area contributed by atoms with Crippen LogP contribution in [0.2, 0.25) is 0 Å². The maximum atomic E-state index is 10.4. The molecule has 0 aliphatic carbocycles. The summed E-state index contributed by atoms with van der Waals surface area (Å²) in [5.41, 5.74) is 5.50. The number of nitrogens with zero attached hydrogens (tertiary/aromatic N) is 2. The van der Waals surface area contributed by atoms with Gasteiger partial charge in [0, 0.05) is 12.6 Å². The first kappa shape index (κ1) is 8.58. The summed E-state index contributed by atoms with van der Waals surface area (Å²) in [6.45, 7) is 2.63. The first-order valence-corrected chi connectivity index (χ1v) is 3.71. The number of hydrogen-bond acceptors (Lipinski definition) is 3. The quantitative estimate of drug-likeness (QED) is 0.693. The molecule has 1 rings (SSSR count). The van der Waals surface area contributed by atoms with Crippen LogP contribution in [0.15, 0.2) is 6.07 Å². The van der Waals surface area contributed by atoms with Crippen LogP contribution in [0.3, 0.4) is 0 Å². The molecule has 3 N–H and O–H groups in total. The number of nitrogen functional groups attached to an aromatic ring is 1. The second-order valence-corrected chi connectivity index (χ2v) is 2.48. The molecule has 12 heavy (non-hydrogen) atoms. The molecular formula is C7H11N3O2. The first-order chi connectivity index (χ1) is 5.65. The van der Waals surface area contributed by atoms with Gasteiger partial charge in [-0.25, -0.2) is 9.48 Å². The molecule has 1 aromatic heterocycles. The van der Waals surface area contributed by atoms with Crippen molar-refractivity contribution in [3.05, 3.63) is 11.8 Å². The van der Waals surface area contributed by atoms with Crippen molar-refractivity contribution in [2.45, 2.75) is 19.9 Å². The van der Waals surface area contributed by atoms with Gasteiger partial charge < -0.3 is 10.8 Å². The third-order valence-electron chi connectivity index (χ3n) is 1.47. The Hall–Kier alpha value is -1.52. The Balaban J connectivity index is 2.92. The average molecular weight is 169 g/mol. The minimum Gasteiger partial charge on any atom is -0.476 e. The molecule has 5 nitrogen and oxygen atoms in total. The second kappa shape index (κ2) is 3.25. The van der Waals surface area contributed by atoms with E-state index in [0.29, 0.717) is 12.4 Å². The normalized spacial score (nSPS) is 10.1. The Labute approximate surface area is 69.8 Å². The number of hydrogen-bond donors (Lipinski definition) is 2. The first-order valence-electron chi connectivity index (χ1n) is 3.71. The predicted molar refractivity (Wildman–Crippen MR) is 43.9 cm³/mol. The molecule has 0 aliphatic heterocycles. The molecule has 0 aromatic carbocycles. The van der Waals surface area contributed by atoms with E-state index in [1.54, 1.807) is 0 Å². The monoisotopic (exact) mass is 169 g/mol. The van der Waals surface area contributed by atoms with Crippen LogP contribution in [0.1, 0.15) is 23.8 Å². The predicted octanol–water partition coefficient (Wildman–Crippen LogP) is 0.574. The molecule has 0 aliphatic rings. The van der Waals surface area contributed by atoms with Gasteiger partial charge in [0.1, 0.15) is 5.82 Å². The largest absolute Gasteiger partial charge is 0.476 e. The van der Waals surface area contributed by atoms with Crippen molar-refractivity contribution >= 4 is 11.8 Å². The van der Waals surface area contributed by atoms with Gasteiger partial charge in [-0.05, 0) is 6.42 Å². The highest BCUT2D eigenvalue weighted by Crippen LogP contribution is 2.06. The van der Waals surface area contributed by atoms with E-state index in [0.717, 1.165) is 6.42 Å². The summed E-state index contributed by atoms with van der Waals surface area (Å²) in [7, 11) is 0. The molecule has 0 saturated carbocycles. The number of rotatable bonds is 3. The van der Waals surface area contributed by atoms with Crippen molar-refractivity contribution in [1.82, 2.24) is 9.78 Å². The Kier molecular flexibility index (Phi) is 2.32. The summed E-state index contributed by atoms with van der Waals surface area (Å²) >= 11 is 0. The van der Waals surface area contributed by atoms with Crippen LogP contribution in [0, 0.1) is 0 Å². The highest BCUT2D eigenvalue weighted by molar-refractivity contribution is 5.86. The van der Waals surface area contributed by atoms with E-state index in [1.807, 2.05) is 6.92 Å². The fraction of sp³-hybridized carbons (Fsp3) is 0.429. The van der Waals surface area contributed by atoms with Crippen LogP contribution in [0.4, 0.5) is 5.82 Å². The zero-order chi connectivity index (χ0) is 9.14.